The summed E-state index contributed by atoms with van der Waals surface area (Å²) in [7, 11) is 1.67. The van der Waals surface area contributed by atoms with Crippen LogP contribution in [0.3, 0.4) is 0 Å². The van der Waals surface area contributed by atoms with Gasteiger partial charge in [-0.1, -0.05) is 6.07 Å². The molecule has 0 spiro atoms. The predicted molar refractivity (Wildman–Crippen MR) is 65.6 cm³/mol. The van der Waals surface area contributed by atoms with Crippen LogP contribution < -0.4 is 5.32 Å². The van der Waals surface area contributed by atoms with Crippen molar-refractivity contribution < 1.29 is 9.47 Å². The molecule has 0 amide bonds. The van der Waals surface area contributed by atoms with Gasteiger partial charge in [-0.05, 0) is 24.5 Å². The van der Waals surface area contributed by atoms with Gasteiger partial charge < -0.3 is 14.8 Å². The van der Waals surface area contributed by atoms with Crippen molar-refractivity contribution in [2.75, 3.05) is 20.3 Å². The fraction of sp³-hybridized carbons (Fsp3) is 0.615. The minimum atomic E-state index is 0.555. The predicted octanol–water partition coefficient (Wildman–Crippen LogP) is 1.50. The molecule has 0 saturated heterocycles. The zero-order chi connectivity index (χ0) is 11.9. The van der Waals surface area contributed by atoms with Gasteiger partial charge in [0.15, 0.2) is 0 Å². The van der Waals surface area contributed by atoms with Crippen molar-refractivity contribution in [3.63, 3.8) is 0 Å². The molecule has 1 N–H and O–H groups in total. The Hall–Kier alpha value is -0.970. The molecule has 0 unspecified atom stereocenters. The smallest absolute Gasteiger partial charge is 0.0889 e. The summed E-state index contributed by atoms with van der Waals surface area (Å²) in [6.45, 7) is 2.72. The van der Waals surface area contributed by atoms with E-state index in [1.54, 1.807) is 7.11 Å². The highest BCUT2D eigenvalue weighted by Gasteiger charge is 2.19. The molecule has 2 rings (SSSR count). The molecule has 1 saturated carbocycles. The molecule has 1 fully saturated rings. The standard InChI is InChI=1S/C13H20N2O2/c1-16-6-7-17-10-13-3-2-11(9-15-13)8-14-12-4-5-12/h2-3,9,12,14H,4-8,10H2,1H3. The molecule has 94 valence electrons. The fourth-order valence-corrected chi connectivity index (χ4v) is 1.51. The molecule has 4 nitrogen and oxygen atoms in total. The van der Waals surface area contributed by atoms with Crippen molar-refractivity contribution in [1.82, 2.24) is 10.3 Å². The molecule has 1 aliphatic carbocycles. The van der Waals surface area contributed by atoms with Crippen LogP contribution in [-0.4, -0.2) is 31.3 Å². The summed E-state index contributed by atoms with van der Waals surface area (Å²) in [5.41, 5.74) is 2.20. The zero-order valence-corrected chi connectivity index (χ0v) is 10.3. The summed E-state index contributed by atoms with van der Waals surface area (Å²) in [5, 5.41) is 3.46. The SMILES string of the molecule is COCCOCc1ccc(CNC2CC2)cn1. The van der Waals surface area contributed by atoms with Gasteiger partial charge in [0.2, 0.25) is 0 Å². The molecule has 0 aliphatic heterocycles. The fourth-order valence-electron chi connectivity index (χ4n) is 1.51. The number of nitrogens with zero attached hydrogens (tertiary/aromatic N) is 1. The van der Waals surface area contributed by atoms with Crippen molar-refractivity contribution in [2.45, 2.75) is 32.0 Å². The zero-order valence-electron chi connectivity index (χ0n) is 10.3. The first-order valence-corrected chi connectivity index (χ1v) is 6.12. The van der Waals surface area contributed by atoms with Crippen molar-refractivity contribution >= 4 is 0 Å². The third-order valence-electron chi connectivity index (χ3n) is 2.74. The van der Waals surface area contributed by atoms with Gasteiger partial charge in [-0.2, -0.15) is 0 Å². The van der Waals surface area contributed by atoms with Crippen molar-refractivity contribution in [2.24, 2.45) is 0 Å². The van der Waals surface area contributed by atoms with E-state index in [0.717, 1.165) is 18.3 Å². The Labute approximate surface area is 102 Å². The monoisotopic (exact) mass is 236 g/mol. The molecule has 4 heteroatoms. The molecule has 0 atom stereocenters. The number of rotatable bonds is 8. The molecule has 1 aliphatic rings. The highest BCUT2D eigenvalue weighted by Crippen LogP contribution is 2.19. The lowest BCUT2D eigenvalue weighted by molar-refractivity contribution is 0.0602. The molecule has 0 bridgehead atoms. The largest absolute Gasteiger partial charge is 0.382 e. The van der Waals surface area contributed by atoms with Crippen LogP contribution in [0.5, 0.6) is 0 Å². The minimum absolute atomic E-state index is 0.555. The summed E-state index contributed by atoms with van der Waals surface area (Å²) >= 11 is 0. The summed E-state index contributed by atoms with van der Waals surface area (Å²) in [5.74, 6) is 0. The van der Waals surface area contributed by atoms with E-state index in [-0.39, 0.29) is 0 Å². The van der Waals surface area contributed by atoms with Crippen LogP contribution >= 0.6 is 0 Å². The topological polar surface area (TPSA) is 43.4 Å². The van der Waals surface area contributed by atoms with E-state index in [4.69, 9.17) is 9.47 Å². The molecule has 17 heavy (non-hydrogen) atoms. The third kappa shape index (κ3) is 4.81. The van der Waals surface area contributed by atoms with Gasteiger partial charge in [-0.3, -0.25) is 4.98 Å². The maximum atomic E-state index is 5.41. The van der Waals surface area contributed by atoms with E-state index in [1.165, 1.54) is 18.4 Å². The first-order chi connectivity index (χ1) is 8.38. The lowest BCUT2D eigenvalue weighted by Crippen LogP contribution is -2.15. The Morgan fingerprint density at radius 1 is 1.35 bits per heavy atom. The number of methoxy groups -OCH3 is 1. The Morgan fingerprint density at radius 3 is 2.88 bits per heavy atom. The Kier molecular flexibility index (Phi) is 4.91. The van der Waals surface area contributed by atoms with Gasteiger partial charge in [-0.15, -0.1) is 0 Å². The number of nitrogens with one attached hydrogen (secondary N) is 1. The Morgan fingerprint density at radius 2 is 2.24 bits per heavy atom. The Bertz CT molecular complexity index is 323. The van der Waals surface area contributed by atoms with Crippen molar-refractivity contribution in [3.8, 4) is 0 Å². The van der Waals surface area contributed by atoms with Crippen molar-refractivity contribution in [1.29, 1.82) is 0 Å². The average Bonchev–Trinajstić information content (AvgIpc) is 3.18. The first-order valence-electron chi connectivity index (χ1n) is 6.12. The maximum absolute atomic E-state index is 5.41. The van der Waals surface area contributed by atoms with Gasteiger partial charge in [0.05, 0.1) is 25.5 Å². The number of hydrogen-bond acceptors (Lipinski definition) is 4. The molecule has 0 radical (unpaired) electrons. The van der Waals surface area contributed by atoms with Gasteiger partial charge >= 0.3 is 0 Å². The minimum Gasteiger partial charge on any atom is -0.382 e. The highest BCUT2D eigenvalue weighted by atomic mass is 16.5. The quantitative estimate of drug-likeness (QED) is 0.695. The first kappa shape index (κ1) is 12.5. The van der Waals surface area contributed by atoms with Gasteiger partial charge in [0.1, 0.15) is 0 Å². The lowest BCUT2D eigenvalue weighted by atomic mass is 10.2. The molecular formula is C13H20N2O2. The summed E-state index contributed by atoms with van der Waals surface area (Å²) in [6, 6.07) is 4.88. The average molecular weight is 236 g/mol. The van der Waals surface area contributed by atoms with Gasteiger partial charge in [0.25, 0.3) is 0 Å². The van der Waals surface area contributed by atoms with E-state index < -0.39 is 0 Å². The van der Waals surface area contributed by atoms with E-state index in [1.807, 2.05) is 12.3 Å². The molecule has 1 aromatic rings. The maximum Gasteiger partial charge on any atom is 0.0889 e. The number of ether oxygens (including phenoxy) is 2. The van der Waals surface area contributed by atoms with Crippen LogP contribution in [0.2, 0.25) is 0 Å². The second kappa shape index (κ2) is 6.69. The van der Waals surface area contributed by atoms with E-state index in [2.05, 4.69) is 16.4 Å². The molecule has 1 heterocycles. The van der Waals surface area contributed by atoms with E-state index >= 15 is 0 Å². The summed E-state index contributed by atoms with van der Waals surface area (Å²) < 4.78 is 10.3. The summed E-state index contributed by atoms with van der Waals surface area (Å²) in [6.07, 6.45) is 4.56. The van der Waals surface area contributed by atoms with Gasteiger partial charge in [0, 0.05) is 25.9 Å². The molecule has 1 aromatic heterocycles. The summed E-state index contributed by atoms with van der Waals surface area (Å²) in [4.78, 5) is 4.37. The van der Waals surface area contributed by atoms with E-state index in [9.17, 15) is 0 Å². The Balaban J connectivity index is 1.68. The number of pyridine rings is 1. The van der Waals surface area contributed by atoms with Crippen LogP contribution in [0.4, 0.5) is 0 Å². The molecule has 0 aromatic carbocycles. The van der Waals surface area contributed by atoms with E-state index in [0.29, 0.717) is 19.8 Å². The van der Waals surface area contributed by atoms with Crippen molar-refractivity contribution in [3.05, 3.63) is 29.6 Å². The van der Waals surface area contributed by atoms with Crippen LogP contribution in [-0.2, 0) is 22.6 Å². The van der Waals surface area contributed by atoms with Crippen LogP contribution in [0.1, 0.15) is 24.1 Å². The van der Waals surface area contributed by atoms with Crippen LogP contribution in [0.25, 0.3) is 0 Å². The second-order valence-corrected chi connectivity index (χ2v) is 4.36. The lowest BCUT2D eigenvalue weighted by Gasteiger charge is -2.05. The second-order valence-electron chi connectivity index (χ2n) is 4.36. The van der Waals surface area contributed by atoms with Gasteiger partial charge in [-0.25, -0.2) is 0 Å². The number of aromatic nitrogens is 1. The third-order valence-corrected chi connectivity index (χ3v) is 2.74. The van der Waals surface area contributed by atoms with Crippen LogP contribution in [0.15, 0.2) is 18.3 Å². The highest BCUT2D eigenvalue weighted by molar-refractivity contribution is 5.13. The normalized spacial score (nSPS) is 15.1. The van der Waals surface area contributed by atoms with Crippen LogP contribution in [0, 0.1) is 0 Å². The molecular weight excluding hydrogens is 216 g/mol. The number of hydrogen-bond donors (Lipinski definition) is 1.